The van der Waals surface area contributed by atoms with Crippen molar-refractivity contribution in [1.82, 2.24) is 9.80 Å². The second-order valence-corrected chi connectivity index (χ2v) is 5.88. The molecule has 4 nitrogen and oxygen atoms in total. The van der Waals surface area contributed by atoms with Crippen LogP contribution in [0.2, 0.25) is 10.0 Å². The Morgan fingerprint density at radius 2 is 1.85 bits per heavy atom. The molecule has 1 N–H and O–H groups in total. The van der Waals surface area contributed by atoms with Crippen molar-refractivity contribution in [3.8, 4) is 0 Å². The Bertz CT molecular complexity index is 482. The van der Waals surface area contributed by atoms with Crippen LogP contribution in [0.5, 0.6) is 0 Å². The van der Waals surface area contributed by atoms with Gasteiger partial charge in [0, 0.05) is 36.2 Å². The maximum absolute atomic E-state index is 10.7. The number of carboxylic acid groups (broad SMARTS) is 1. The molecule has 0 aromatic heterocycles. The van der Waals surface area contributed by atoms with Gasteiger partial charge in [-0.05, 0) is 30.7 Å². The van der Waals surface area contributed by atoms with Gasteiger partial charge in [0.25, 0.3) is 0 Å². The third-order valence-corrected chi connectivity index (χ3v) is 4.04. The molecule has 0 amide bonds. The van der Waals surface area contributed by atoms with E-state index in [0.29, 0.717) is 10.0 Å². The van der Waals surface area contributed by atoms with Gasteiger partial charge in [0.15, 0.2) is 0 Å². The first-order valence-corrected chi connectivity index (χ1v) is 7.40. The average molecular weight is 317 g/mol. The van der Waals surface area contributed by atoms with Crippen LogP contribution in [0.25, 0.3) is 0 Å². The zero-order chi connectivity index (χ0) is 14.5. The van der Waals surface area contributed by atoms with E-state index in [0.717, 1.165) is 44.7 Å². The first-order valence-electron chi connectivity index (χ1n) is 6.65. The second kappa shape index (κ2) is 7.27. The lowest BCUT2D eigenvalue weighted by Gasteiger charge is -2.21. The van der Waals surface area contributed by atoms with Crippen LogP contribution < -0.4 is 0 Å². The molecular formula is C14H18Cl2N2O2. The minimum absolute atomic E-state index is 0.121. The molecule has 1 aliphatic rings. The quantitative estimate of drug-likeness (QED) is 0.927. The SMILES string of the molecule is O=C(O)CN1CCCN(Cc2ccc(Cl)cc2Cl)CC1. The molecule has 1 heterocycles. The monoisotopic (exact) mass is 316 g/mol. The third kappa shape index (κ3) is 4.63. The molecule has 0 atom stereocenters. The highest BCUT2D eigenvalue weighted by atomic mass is 35.5. The van der Waals surface area contributed by atoms with Crippen molar-refractivity contribution >= 4 is 29.2 Å². The van der Waals surface area contributed by atoms with Crippen LogP contribution in [0, 0.1) is 0 Å². The molecular weight excluding hydrogens is 299 g/mol. The van der Waals surface area contributed by atoms with Gasteiger partial charge in [-0.15, -0.1) is 0 Å². The number of nitrogens with zero attached hydrogens (tertiary/aromatic N) is 2. The van der Waals surface area contributed by atoms with E-state index in [4.69, 9.17) is 28.3 Å². The molecule has 1 aromatic rings. The molecule has 0 saturated carbocycles. The number of hydrogen-bond donors (Lipinski definition) is 1. The summed E-state index contributed by atoms with van der Waals surface area (Å²) < 4.78 is 0. The minimum Gasteiger partial charge on any atom is -0.480 e. The lowest BCUT2D eigenvalue weighted by molar-refractivity contribution is -0.138. The van der Waals surface area contributed by atoms with E-state index in [1.54, 1.807) is 6.07 Å². The topological polar surface area (TPSA) is 43.8 Å². The van der Waals surface area contributed by atoms with E-state index >= 15 is 0 Å². The fourth-order valence-electron chi connectivity index (χ4n) is 2.42. The predicted molar refractivity (Wildman–Crippen MR) is 80.4 cm³/mol. The van der Waals surface area contributed by atoms with Crippen molar-refractivity contribution in [2.24, 2.45) is 0 Å². The summed E-state index contributed by atoms with van der Waals surface area (Å²) in [5, 5.41) is 10.2. The highest BCUT2D eigenvalue weighted by molar-refractivity contribution is 6.35. The van der Waals surface area contributed by atoms with Crippen molar-refractivity contribution in [1.29, 1.82) is 0 Å². The smallest absolute Gasteiger partial charge is 0.317 e. The van der Waals surface area contributed by atoms with Gasteiger partial charge < -0.3 is 5.11 Å². The van der Waals surface area contributed by atoms with Crippen LogP contribution in [-0.2, 0) is 11.3 Å². The highest BCUT2D eigenvalue weighted by Gasteiger charge is 2.17. The van der Waals surface area contributed by atoms with Gasteiger partial charge in [0.1, 0.15) is 0 Å². The molecule has 0 spiro atoms. The van der Waals surface area contributed by atoms with Gasteiger partial charge in [-0.2, -0.15) is 0 Å². The van der Waals surface area contributed by atoms with Gasteiger partial charge in [0.05, 0.1) is 6.54 Å². The zero-order valence-electron chi connectivity index (χ0n) is 11.2. The van der Waals surface area contributed by atoms with Crippen LogP contribution in [0.4, 0.5) is 0 Å². The summed E-state index contributed by atoms with van der Waals surface area (Å²) in [5.41, 5.74) is 1.06. The van der Waals surface area contributed by atoms with E-state index in [9.17, 15) is 4.79 Å². The summed E-state index contributed by atoms with van der Waals surface area (Å²) in [4.78, 5) is 15.0. The third-order valence-electron chi connectivity index (χ3n) is 3.45. The lowest BCUT2D eigenvalue weighted by Crippen LogP contribution is -2.34. The minimum atomic E-state index is -0.765. The Kier molecular flexibility index (Phi) is 5.66. The summed E-state index contributed by atoms with van der Waals surface area (Å²) in [6.07, 6.45) is 0.971. The maximum atomic E-state index is 10.7. The Hall–Kier alpha value is -0.810. The molecule has 1 saturated heterocycles. The van der Waals surface area contributed by atoms with E-state index in [1.807, 2.05) is 17.0 Å². The van der Waals surface area contributed by atoms with Crippen LogP contribution in [0.15, 0.2) is 18.2 Å². The number of carbonyl (C=O) groups is 1. The molecule has 0 unspecified atom stereocenters. The van der Waals surface area contributed by atoms with Crippen LogP contribution in [0.1, 0.15) is 12.0 Å². The largest absolute Gasteiger partial charge is 0.480 e. The highest BCUT2D eigenvalue weighted by Crippen LogP contribution is 2.22. The number of hydrogen-bond acceptors (Lipinski definition) is 3. The Labute approximate surface area is 128 Å². The lowest BCUT2D eigenvalue weighted by atomic mass is 10.2. The Morgan fingerprint density at radius 3 is 2.55 bits per heavy atom. The summed E-state index contributed by atoms with van der Waals surface area (Å²) >= 11 is 12.1. The first kappa shape index (κ1) is 15.6. The molecule has 1 fully saturated rings. The molecule has 1 aliphatic heterocycles. The summed E-state index contributed by atoms with van der Waals surface area (Å²) in [6, 6.07) is 5.55. The van der Waals surface area contributed by atoms with Crippen LogP contribution >= 0.6 is 23.2 Å². The number of rotatable bonds is 4. The first-order chi connectivity index (χ1) is 9.54. The van der Waals surface area contributed by atoms with Crippen molar-refractivity contribution in [3.63, 3.8) is 0 Å². The molecule has 2 rings (SSSR count). The number of aliphatic carboxylic acids is 1. The van der Waals surface area contributed by atoms with Crippen molar-refractivity contribution < 1.29 is 9.90 Å². The summed E-state index contributed by atoms with van der Waals surface area (Å²) in [5.74, 6) is -0.765. The Morgan fingerprint density at radius 1 is 1.15 bits per heavy atom. The van der Waals surface area contributed by atoms with Gasteiger partial charge in [-0.25, -0.2) is 0 Å². The van der Waals surface area contributed by atoms with Gasteiger partial charge in [-0.1, -0.05) is 29.3 Å². The standard InChI is InChI=1S/C14H18Cl2N2O2/c15-12-3-2-11(13(16)8-12)9-17-4-1-5-18(7-6-17)10-14(19)20/h2-3,8H,1,4-7,9-10H2,(H,19,20). The number of benzene rings is 1. The molecule has 0 radical (unpaired) electrons. The van der Waals surface area contributed by atoms with E-state index < -0.39 is 5.97 Å². The van der Waals surface area contributed by atoms with Crippen LogP contribution in [0.3, 0.4) is 0 Å². The summed E-state index contributed by atoms with van der Waals surface area (Å²) in [6.45, 7) is 4.31. The predicted octanol–water partition coefficient (Wildman–Crippen LogP) is 2.59. The van der Waals surface area contributed by atoms with Crippen LogP contribution in [-0.4, -0.2) is 53.6 Å². The number of halogens is 2. The summed E-state index contributed by atoms with van der Waals surface area (Å²) in [7, 11) is 0. The second-order valence-electron chi connectivity index (χ2n) is 5.04. The van der Waals surface area contributed by atoms with E-state index in [1.165, 1.54) is 0 Å². The molecule has 20 heavy (non-hydrogen) atoms. The zero-order valence-corrected chi connectivity index (χ0v) is 12.7. The Balaban J connectivity index is 1.92. The van der Waals surface area contributed by atoms with Crippen molar-refractivity contribution in [3.05, 3.63) is 33.8 Å². The van der Waals surface area contributed by atoms with Gasteiger partial charge >= 0.3 is 5.97 Å². The maximum Gasteiger partial charge on any atom is 0.317 e. The van der Waals surface area contributed by atoms with E-state index in [2.05, 4.69) is 4.90 Å². The fourth-order valence-corrected chi connectivity index (χ4v) is 2.89. The number of carboxylic acids is 1. The van der Waals surface area contributed by atoms with Crippen molar-refractivity contribution in [2.45, 2.75) is 13.0 Å². The van der Waals surface area contributed by atoms with E-state index in [-0.39, 0.29) is 6.54 Å². The van der Waals surface area contributed by atoms with Gasteiger partial charge in [0.2, 0.25) is 0 Å². The molecule has 0 bridgehead atoms. The molecule has 0 aliphatic carbocycles. The normalized spacial score (nSPS) is 17.9. The van der Waals surface area contributed by atoms with Crippen molar-refractivity contribution in [2.75, 3.05) is 32.7 Å². The molecule has 110 valence electrons. The fraction of sp³-hybridized carbons (Fsp3) is 0.500. The van der Waals surface area contributed by atoms with Gasteiger partial charge in [-0.3, -0.25) is 14.6 Å². The average Bonchev–Trinajstić information content (AvgIpc) is 2.58. The molecule has 1 aromatic carbocycles. The molecule has 6 heteroatoms.